The van der Waals surface area contributed by atoms with Gasteiger partial charge in [-0.05, 0) is 24.3 Å². The zero-order chi connectivity index (χ0) is 16.6. The van der Waals surface area contributed by atoms with Gasteiger partial charge in [0.1, 0.15) is 17.1 Å². The van der Waals surface area contributed by atoms with Gasteiger partial charge in [-0.3, -0.25) is 0 Å². The Labute approximate surface area is 130 Å². The van der Waals surface area contributed by atoms with Crippen LogP contribution in [0.2, 0.25) is 0 Å². The lowest BCUT2D eigenvalue weighted by molar-refractivity contribution is 0.0699. The summed E-state index contributed by atoms with van der Waals surface area (Å²) < 4.78 is 32.5. The maximum Gasteiger partial charge on any atom is 0.336 e. The number of fused-ring (bicyclic) bond motifs is 1. The SMILES string of the molecule is COc1cccc(-c2cc(C(=O)O)c3cc(F)cc(F)c3n2)c1. The molecule has 0 saturated carbocycles. The van der Waals surface area contributed by atoms with Crippen molar-refractivity contribution in [3.63, 3.8) is 0 Å². The number of ether oxygens (including phenoxy) is 1. The Morgan fingerprint density at radius 3 is 2.65 bits per heavy atom. The van der Waals surface area contributed by atoms with Gasteiger partial charge in [0.05, 0.1) is 18.4 Å². The quantitative estimate of drug-likeness (QED) is 0.796. The third-order valence-electron chi connectivity index (χ3n) is 3.43. The van der Waals surface area contributed by atoms with Crippen molar-refractivity contribution in [3.05, 3.63) is 59.7 Å². The van der Waals surface area contributed by atoms with E-state index in [1.165, 1.54) is 13.2 Å². The molecule has 1 aromatic heterocycles. The number of carboxylic acids is 1. The molecule has 0 aliphatic carbocycles. The molecule has 1 heterocycles. The smallest absolute Gasteiger partial charge is 0.336 e. The molecule has 6 heteroatoms. The number of carboxylic acid groups (broad SMARTS) is 1. The van der Waals surface area contributed by atoms with E-state index in [1.807, 2.05) is 0 Å². The largest absolute Gasteiger partial charge is 0.497 e. The molecule has 0 bridgehead atoms. The van der Waals surface area contributed by atoms with E-state index in [0.717, 1.165) is 6.07 Å². The molecule has 0 aliphatic heterocycles. The Hall–Kier alpha value is -3.02. The summed E-state index contributed by atoms with van der Waals surface area (Å²) >= 11 is 0. The fourth-order valence-corrected chi connectivity index (χ4v) is 2.36. The number of hydrogen-bond donors (Lipinski definition) is 1. The minimum Gasteiger partial charge on any atom is -0.497 e. The molecule has 0 amide bonds. The Morgan fingerprint density at radius 2 is 1.96 bits per heavy atom. The molecule has 2 aromatic carbocycles. The molecule has 0 unspecified atom stereocenters. The summed E-state index contributed by atoms with van der Waals surface area (Å²) in [6.45, 7) is 0. The third kappa shape index (κ3) is 2.70. The van der Waals surface area contributed by atoms with Crippen LogP contribution in [-0.2, 0) is 0 Å². The van der Waals surface area contributed by atoms with Crippen molar-refractivity contribution in [1.82, 2.24) is 4.98 Å². The van der Waals surface area contributed by atoms with Crippen LogP contribution in [0.1, 0.15) is 10.4 Å². The average molecular weight is 315 g/mol. The Morgan fingerprint density at radius 1 is 1.17 bits per heavy atom. The van der Waals surface area contributed by atoms with Crippen molar-refractivity contribution in [2.45, 2.75) is 0 Å². The predicted octanol–water partition coefficient (Wildman–Crippen LogP) is 3.89. The molecule has 0 radical (unpaired) electrons. The summed E-state index contributed by atoms with van der Waals surface area (Å²) in [5.41, 5.74) is 0.423. The van der Waals surface area contributed by atoms with E-state index >= 15 is 0 Å². The number of nitrogens with zero attached hydrogens (tertiary/aromatic N) is 1. The highest BCUT2D eigenvalue weighted by molar-refractivity contribution is 6.03. The minimum atomic E-state index is -1.29. The summed E-state index contributed by atoms with van der Waals surface area (Å²) in [4.78, 5) is 15.6. The monoisotopic (exact) mass is 315 g/mol. The lowest BCUT2D eigenvalue weighted by Crippen LogP contribution is -2.02. The van der Waals surface area contributed by atoms with Gasteiger partial charge in [0.15, 0.2) is 5.82 Å². The number of benzene rings is 2. The number of carbonyl (C=O) groups is 1. The highest BCUT2D eigenvalue weighted by Gasteiger charge is 2.17. The zero-order valence-electron chi connectivity index (χ0n) is 12.0. The predicted molar refractivity (Wildman–Crippen MR) is 80.6 cm³/mol. The van der Waals surface area contributed by atoms with E-state index in [1.54, 1.807) is 24.3 Å². The van der Waals surface area contributed by atoms with Crippen molar-refractivity contribution in [3.8, 4) is 17.0 Å². The van der Waals surface area contributed by atoms with Crippen LogP contribution in [0.3, 0.4) is 0 Å². The number of hydrogen-bond acceptors (Lipinski definition) is 3. The average Bonchev–Trinajstić information content (AvgIpc) is 2.54. The summed E-state index contributed by atoms with van der Waals surface area (Å²) in [5, 5.41) is 9.26. The van der Waals surface area contributed by atoms with Crippen molar-refractivity contribution < 1.29 is 23.4 Å². The van der Waals surface area contributed by atoms with Crippen LogP contribution >= 0.6 is 0 Å². The number of aromatic carboxylic acids is 1. The van der Waals surface area contributed by atoms with Crippen LogP contribution in [-0.4, -0.2) is 23.2 Å². The van der Waals surface area contributed by atoms with Gasteiger partial charge in [0.2, 0.25) is 0 Å². The molecule has 116 valence electrons. The number of halogens is 2. The fourth-order valence-electron chi connectivity index (χ4n) is 2.36. The normalized spacial score (nSPS) is 10.7. The van der Waals surface area contributed by atoms with Crippen LogP contribution in [0, 0.1) is 11.6 Å². The molecule has 3 aromatic rings. The molecular formula is C17H11F2NO3. The van der Waals surface area contributed by atoms with Gasteiger partial charge < -0.3 is 9.84 Å². The second-order valence-electron chi connectivity index (χ2n) is 4.88. The maximum absolute atomic E-state index is 14.0. The van der Waals surface area contributed by atoms with Crippen LogP contribution < -0.4 is 4.74 Å². The standard InChI is InChI=1S/C17H11F2NO3/c1-23-11-4-2-3-9(5-11)15-8-13(17(21)22)12-6-10(18)7-14(19)16(12)20-15/h2-8H,1H3,(H,21,22). The van der Waals surface area contributed by atoms with Gasteiger partial charge >= 0.3 is 5.97 Å². The van der Waals surface area contributed by atoms with Gasteiger partial charge in [-0.2, -0.15) is 0 Å². The molecule has 23 heavy (non-hydrogen) atoms. The summed E-state index contributed by atoms with van der Waals surface area (Å²) in [7, 11) is 1.50. The van der Waals surface area contributed by atoms with E-state index in [4.69, 9.17) is 4.74 Å². The van der Waals surface area contributed by atoms with Crippen molar-refractivity contribution in [1.29, 1.82) is 0 Å². The Balaban J connectivity index is 2.32. The Kier molecular flexibility index (Phi) is 3.65. The number of pyridine rings is 1. The lowest BCUT2D eigenvalue weighted by atomic mass is 10.0. The molecular weight excluding hydrogens is 304 g/mol. The van der Waals surface area contributed by atoms with Crippen LogP contribution in [0.4, 0.5) is 8.78 Å². The topological polar surface area (TPSA) is 59.4 Å². The molecule has 4 nitrogen and oxygen atoms in total. The summed E-state index contributed by atoms with van der Waals surface area (Å²) in [6, 6.07) is 9.71. The van der Waals surface area contributed by atoms with Crippen molar-refractivity contribution >= 4 is 16.9 Å². The van der Waals surface area contributed by atoms with Crippen LogP contribution in [0.25, 0.3) is 22.2 Å². The molecule has 1 N–H and O–H groups in total. The van der Waals surface area contributed by atoms with E-state index in [0.29, 0.717) is 17.4 Å². The molecule has 0 saturated heterocycles. The number of aromatic nitrogens is 1. The van der Waals surface area contributed by atoms with Gasteiger partial charge in [0.25, 0.3) is 0 Å². The third-order valence-corrected chi connectivity index (χ3v) is 3.43. The van der Waals surface area contributed by atoms with E-state index < -0.39 is 17.6 Å². The van der Waals surface area contributed by atoms with Gasteiger partial charge in [-0.15, -0.1) is 0 Å². The number of methoxy groups -OCH3 is 1. The molecule has 0 spiro atoms. The highest BCUT2D eigenvalue weighted by Crippen LogP contribution is 2.29. The minimum absolute atomic E-state index is 0.0818. The van der Waals surface area contributed by atoms with Crippen molar-refractivity contribution in [2.24, 2.45) is 0 Å². The molecule has 0 fully saturated rings. The van der Waals surface area contributed by atoms with Gasteiger partial charge in [0, 0.05) is 17.0 Å². The number of rotatable bonds is 3. The first kappa shape index (κ1) is 14.9. The summed E-state index contributed by atoms with van der Waals surface area (Å²) in [5.74, 6) is -2.49. The van der Waals surface area contributed by atoms with E-state index in [2.05, 4.69) is 4.98 Å². The van der Waals surface area contributed by atoms with Gasteiger partial charge in [-0.1, -0.05) is 12.1 Å². The molecule has 3 rings (SSSR count). The Bertz CT molecular complexity index is 925. The van der Waals surface area contributed by atoms with Crippen LogP contribution in [0.5, 0.6) is 5.75 Å². The first-order chi connectivity index (χ1) is 11.0. The lowest BCUT2D eigenvalue weighted by Gasteiger charge is -2.09. The van der Waals surface area contributed by atoms with Crippen molar-refractivity contribution in [2.75, 3.05) is 7.11 Å². The highest BCUT2D eigenvalue weighted by atomic mass is 19.1. The second-order valence-corrected chi connectivity index (χ2v) is 4.88. The van der Waals surface area contributed by atoms with E-state index in [-0.39, 0.29) is 22.2 Å². The fraction of sp³-hybridized carbons (Fsp3) is 0.0588. The maximum atomic E-state index is 14.0. The zero-order valence-corrected chi connectivity index (χ0v) is 12.0. The van der Waals surface area contributed by atoms with Gasteiger partial charge in [-0.25, -0.2) is 18.6 Å². The first-order valence-corrected chi connectivity index (χ1v) is 6.67. The van der Waals surface area contributed by atoms with Crippen LogP contribution in [0.15, 0.2) is 42.5 Å². The summed E-state index contributed by atoms with van der Waals surface area (Å²) in [6.07, 6.45) is 0. The first-order valence-electron chi connectivity index (χ1n) is 6.67. The molecule has 0 atom stereocenters. The second kappa shape index (κ2) is 5.64. The van der Waals surface area contributed by atoms with E-state index in [9.17, 15) is 18.7 Å². The molecule has 0 aliphatic rings.